The summed E-state index contributed by atoms with van der Waals surface area (Å²) in [6.07, 6.45) is 7.46. The maximum absolute atomic E-state index is 13.1. The average molecular weight is 495 g/mol. The molecular weight excluding hydrogens is 456 g/mol. The first-order chi connectivity index (χ1) is 17.2. The predicted molar refractivity (Wildman–Crippen MR) is 136 cm³/mol. The molecule has 8 nitrogen and oxygen atoms in total. The van der Waals surface area contributed by atoms with Crippen molar-refractivity contribution in [2.75, 3.05) is 7.11 Å². The Kier molecular flexibility index (Phi) is 7.93. The monoisotopic (exact) mass is 494 g/mol. The van der Waals surface area contributed by atoms with E-state index < -0.39 is 6.10 Å². The molecule has 1 unspecified atom stereocenters. The maximum atomic E-state index is 13.1. The largest absolute Gasteiger partial charge is 0.497 e. The Balaban J connectivity index is 1.40. The van der Waals surface area contributed by atoms with Crippen molar-refractivity contribution >= 4 is 11.8 Å². The minimum Gasteiger partial charge on any atom is -0.497 e. The zero-order valence-corrected chi connectivity index (χ0v) is 21.6. The standard InChI is InChI=1S/C28H38N4O4/c1-17(26(34)31-15-19-5-7-20(36-4)8-6-19)21-9-11-28(3)12-10-22(18(2)24(28)25(21)33)32-27(35)23-16-29-13-14-30-23/h5-8,13-14,16-18,21-22,24-25,33H,9-12,15H2,1-4H3,(H,31,34)(H,32,35)/t17-,18+,21?,22-,24+,25-,28-/m0/s1. The van der Waals surface area contributed by atoms with Crippen molar-refractivity contribution < 1.29 is 19.4 Å². The van der Waals surface area contributed by atoms with Crippen LogP contribution in [0.1, 0.15) is 62.5 Å². The molecule has 2 aliphatic rings. The molecule has 2 saturated carbocycles. The number of amides is 2. The molecule has 1 aromatic carbocycles. The highest BCUT2D eigenvalue weighted by atomic mass is 16.5. The number of aliphatic hydroxyl groups excluding tert-OH is 1. The molecule has 0 bridgehead atoms. The first-order valence-corrected chi connectivity index (χ1v) is 12.9. The summed E-state index contributed by atoms with van der Waals surface area (Å²) in [6.45, 7) is 6.72. The van der Waals surface area contributed by atoms with Gasteiger partial charge in [-0.1, -0.05) is 32.9 Å². The highest BCUT2D eigenvalue weighted by molar-refractivity contribution is 5.92. The Morgan fingerprint density at radius 3 is 2.58 bits per heavy atom. The van der Waals surface area contributed by atoms with Crippen LogP contribution >= 0.6 is 0 Å². The Morgan fingerprint density at radius 2 is 1.92 bits per heavy atom. The van der Waals surface area contributed by atoms with Crippen LogP contribution < -0.4 is 15.4 Å². The molecule has 0 saturated heterocycles. The van der Waals surface area contributed by atoms with Gasteiger partial charge in [-0.3, -0.25) is 14.6 Å². The molecule has 8 heteroatoms. The van der Waals surface area contributed by atoms with E-state index in [1.54, 1.807) is 7.11 Å². The molecule has 36 heavy (non-hydrogen) atoms. The molecular formula is C28H38N4O4. The number of methoxy groups -OCH3 is 1. The number of hydrogen-bond acceptors (Lipinski definition) is 6. The number of nitrogens with one attached hydrogen (secondary N) is 2. The fourth-order valence-corrected chi connectivity index (χ4v) is 6.44. The molecule has 7 atom stereocenters. The Morgan fingerprint density at radius 1 is 1.19 bits per heavy atom. The van der Waals surface area contributed by atoms with E-state index >= 15 is 0 Å². The van der Waals surface area contributed by atoms with E-state index in [2.05, 4.69) is 34.4 Å². The van der Waals surface area contributed by atoms with Crippen LogP contribution in [0.2, 0.25) is 0 Å². The molecule has 0 spiro atoms. The number of rotatable bonds is 7. The van der Waals surface area contributed by atoms with Gasteiger partial charge in [-0.05, 0) is 66.5 Å². The summed E-state index contributed by atoms with van der Waals surface area (Å²) in [4.78, 5) is 33.9. The van der Waals surface area contributed by atoms with E-state index in [4.69, 9.17) is 4.74 Å². The van der Waals surface area contributed by atoms with Crippen LogP contribution in [-0.2, 0) is 11.3 Å². The second-order valence-corrected chi connectivity index (χ2v) is 10.8. The van der Waals surface area contributed by atoms with Gasteiger partial charge in [-0.2, -0.15) is 0 Å². The van der Waals surface area contributed by atoms with Gasteiger partial charge < -0.3 is 20.5 Å². The predicted octanol–water partition coefficient (Wildman–Crippen LogP) is 3.36. The smallest absolute Gasteiger partial charge is 0.271 e. The molecule has 1 heterocycles. The van der Waals surface area contributed by atoms with Gasteiger partial charge >= 0.3 is 0 Å². The topological polar surface area (TPSA) is 113 Å². The second-order valence-electron chi connectivity index (χ2n) is 10.8. The van der Waals surface area contributed by atoms with Gasteiger partial charge in [0.2, 0.25) is 5.91 Å². The molecule has 4 rings (SSSR count). The number of carbonyl (C=O) groups is 2. The number of carbonyl (C=O) groups excluding carboxylic acids is 2. The number of fused-ring (bicyclic) bond motifs is 1. The van der Waals surface area contributed by atoms with Crippen LogP contribution in [0.25, 0.3) is 0 Å². The lowest BCUT2D eigenvalue weighted by Gasteiger charge is -2.56. The molecule has 3 N–H and O–H groups in total. The summed E-state index contributed by atoms with van der Waals surface area (Å²) in [6, 6.07) is 7.56. The highest BCUT2D eigenvalue weighted by Gasteiger charge is 2.53. The summed E-state index contributed by atoms with van der Waals surface area (Å²) >= 11 is 0. The highest BCUT2D eigenvalue weighted by Crippen LogP contribution is 2.55. The SMILES string of the molecule is COc1ccc(CNC(=O)[C@@H](C)C2CC[C@@]3(C)CC[C@H](NC(=O)c4cnccn4)[C@@H](C)[C@@H]3[C@H]2O)cc1. The first-order valence-electron chi connectivity index (χ1n) is 12.9. The number of nitrogens with zero attached hydrogens (tertiary/aromatic N) is 2. The third-order valence-electron chi connectivity index (χ3n) is 8.68. The molecule has 2 amide bonds. The fraction of sp³-hybridized carbons (Fsp3) is 0.571. The summed E-state index contributed by atoms with van der Waals surface area (Å²) in [5, 5.41) is 17.8. The van der Waals surface area contributed by atoms with E-state index in [-0.39, 0.29) is 46.9 Å². The third kappa shape index (κ3) is 5.38. The quantitative estimate of drug-likeness (QED) is 0.544. The van der Waals surface area contributed by atoms with E-state index in [0.29, 0.717) is 12.2 Å². The van der Waals surface area contributed by atoms with Crippen LogP contribution in [0.4, 0.5) is 0 Å². The van der Waals surface area contributed by atoms with Crippen molar-refractivity contribution in [3.63, 3.8) is 0 Å². The molecule has 2 aromatic rings. The molecule has 194 valence electrons. The number of hydrogen-bond donors (Lipinski definition) is 3. The minimum atomic E-state index is -0.614. The Labute approximate surface area is 213 Å². The minimum absolute atomic E-state index is 0.00556. The van der Waals surface area contributed by atoms with Gasteiger partial charge in [0.05, 0.1) is 19.4 Å². The van der Waals surface area contributed by atoms with E-state index in [9.17, 15) is 14.7 Å². The summed E-state index contributed by atoms with van der Waals surface area (Å²) in [5.41, 5.74) is 1.28. The van der Waals surface area contributed by atoms with E-state index in [1.807, 2.05) is 31.2 Å². The van der Waals surface area contributed by atoms with Gasteiger partial charge in [0, 0.05) is 30.9 Å². The maximum Gasteiger partial charge on any atom is 0.271 e. The van der Waals surface area contributed by atoms with Crippen LogP contribution in [0, 0.1) is 29.1 Å². The van der Waals surface area contributed by atoms with Crippen molar-refractivity contribution in [3.05, 3.63) is 54.1 Å². The van der Waals surface area contributed by atoms with Gasteiger partial charge in [0.15, 0.2) is 0 Å². The average Bonchev–Trinajstić information content (AvgIpc) is 2.89. The van der Waals surface area contributed by atoms with E-state index in [0.717, 1.165) is 37.0 Å². The first kappa shape index (κ1) is 26.1. The zero-order valence-electron chi connectivity index (χ0n) is 21.6. The Bertz CT molecular complexity index is 1050. The molecule has 1 aromatic heterocycles. The van der Waals surface area contributed by atoms with Gasteiger partial charge in [-0.15, -0.1) is 0 Å². The zero-order chi connectivity index (χ0) is 25.9. The van der Waals surface area contributed by atoms with Gasteiger partial charge in [0.25, 0.3) is 5.91 Å². The van der Waals surface area contributed by atoms with Crippen LogP contribution in [0.5, 0.6) is 5.75 Å². The lowest BCUT2D eigenvalue weighted by Crippen LogP contribution is -2.58. The van der Waals surface area contributed by atoms with Crippen molar-refractivity contribution in [1.82, 2.24) is 20.6 Å². The Hall–Kier alpha value is -3.00. The van der Waals surface area contributed by atoms with Gasteiger partial charge in [0.1, 0.15) is 11.4 Å². The lowest BCUT2D eigenvalue weighted by molar-refractivity contribution is -0.142. The van der Waals surface area contributed by atoms with Crippen LogP contribution in [0.15, 0.2) is 42.9 Å². The van der Waals surface area contributed by atoms with Crippen LogP contribution in [-0.4, -0.2) is 46.1 Å². The molecule has 2 aliphatic carbocycles. The summed E-state index contributed by atoms with van der Waals surface area (Å²) in [7, 11) is 1.63. The molecule has 0 radical (unpaired) electrons. The fourth-order valence-electron chi connectivity index (χ4n) is 6.44. The molecule has 0 aliphatic heterocycles. The number of benzene rings is 1. The second kappa shape index (κ2) is 10.9. The van der Waals surface area contributed by atoms with Crippen molar-refractivity contribution in [3.8, 4) is 5.75 Å². The normalized spacial score (nSPS) is 30.5. The summed E-state index contributed by atoms with van der Waals surface area (Å²) in [5.74, 6) is 0.108. The number of aromatic nitrogens is 2. The molecule has 2 fully saturated rings. The third-order valence-corrected chi connectivity index (χ3v) is 8.68. The van der Waals surface area contributed by atoms with Gasteiger partial charge in [-0.25, -0.2) is 4.98 Å². The summed E-state index contributed by atoms with van der Waals surface area (Å²) < 4.78 is 5.19. The van der Waals surface area contributed by atoms with Crippen molar-refractivity contribution in [2.24, 2.45) is 29.1 Å². The van der Waals surface area contributed by atoms with Crippen LogP contribution in [0.3, 0.4) is 0 Å². The van der Waals surface area contributed by atoms with Crippen molar-refractivity contribution in [2.45, 2.75) is 65.1 Å². The van der Waals surface area contributed by atoms with E-state index in [1.165, 1.54) is 18.6 Å². The van der Waals surface area contributed by atoms with Crippen molar-refractivity contribution in [1.29, 1.82) is 0 Å². The number of ether oxygens (including phenoxy) is 1. The lowest BCUT2D eigenvalue weighted by atomic mass is 9.51. The number of aliphatic hydroxyl groups is 1.